The van der Waals surface area contributed by atoms with Crippen molar-refractivity contribution in [1.82, 2.24) is 5.32 Å². The minimum atomic E-state index is -1.82. The number of anilines is 1. The summed E-state index contributed by atoms with van der Waals surface area (Å²) in [4.78, 5) is 31.5. The molecule has 8 nitrogen and oxygen atoms in total. The van der Waals surface area contributed by atoms with Gasteiger partial charge in [-0.2, -0.15) is 0 Å². The second-order valence-electron chi connectivity index (χ2n) is 8.10. The number of carboxylic acid groups (broad SMARTS) is 2. The lowest BCUT2D eigenvalue weighted by Crippen LogP contribution is -2.36. The van der Waals surface area contributed by atoms with Crippen LogP contribution in [0.4, 0.5) is 5.69 Å². The SMILES string of the molecule is COc1ccc(NC(=O)C(NC2CCCc3ccccc32)c2ccccc2)cc1Cl.O=C(O)C(=O)O. The van der Waals surface area contributed by atoms with Crippen molar-refractivity contribution in [1.29, 1.82) is 0 Å². The van der Waals surface area contributed by atoms with E-state index in [0.29, 0.717) is 16.5 Å². The van der Waals surface area contributed by atoms with E-state index in [1.54, 1.807) is 25.3 Å². The first-order chi connectivity index (χ1) is 17.3. The van der Waals surface area contributed by atoms with E-state index in [1.807, 2.05) is 30.3 Å². The van der Waals surface area contributed by atoms with Gasteiger partial charge < -0.3 is 20.3 Å². The molecule has 4 N–H and O–H groups in total. The summed E-state index contributed by atoms with van der Waals surface area (Å²) in [6, 6.07) is 23.2. The molecule has 0 saturated heterocycles. The van der Waals surface area contributed by atoms with E-state index in [9.17, 15) is 4.79 Å². The molecular weight excluding hydrogens is 484 g/mol. The summed E-state index contributed by atoms with van der Waals surface area (Å²) in [6.45, 7) is 0. The number of carbonyl (C=O) groups is 3. The number of carboxylic acids is 2. The Hall–Kier alpha value is -3.88. The van der Waals surface area contributed by atoms with Crippen LogP contribution in [0.5, 0.6) is 5.75 Å². The number of hydrogen-bond donors (Lipinski definition) is 4. The average molecular weight is 511 g/mol. The molecule has 36 heavy (non-hydrogen) atoms. The van der Waals surface area contributed by atoms with E-state index >= 15 is 0 Å². The van der Waals surface area contributed by atoms with Gasteiger partial charge in [0.2, 0.25) is 5.91 Å². The molecule has 9 heteroatoms. The van der Waals surface area contributed by atoms with Crippen LogP contribution in [0.25, 0.3) is 0 Å². The zero-order chi connectivity index (χ0) is 26.1. The highest BCUT2D eigenvalue weighted by atomic mass is 35.5. The Morgan fingerprint density at radius 1 is 0.972 bits per heavy atom. The van der Waals surface area contributed by atoms with Crippen molar-refractivity contribution in [2.75, 3.05) is 12.4 Å². The number of benzene rings is 3. The highest BCUT2D eigenvalue weighted by molar-refractivity contribution is 6.32. The van der Waals surface area contributed by atoms with Gasteiger partial charge in [-0.1, -0.05) is 66.2 Å². The predicted octanol–water partition coefficient (Wildman–Crippen LogP) is 4.85. The van der Waals surface area contributed by atoms with Crippen LogP contribution in [0.1, 0.15) is 41.6 Å². The third-order valence-electron chi connectivity index (χ3n) is 5.73. The van der Waals surface area contributed by atoms with Gasteiger partial charge in [-0.15, -0.1) is 0 Å². The molecule has 0 aromatic heterocycles. The van der Waals surface area contributed by atoms with Gasteiger partial charge in [0.05, 0.1) is 12.1 Å². The van der Waals surface area contributed by atoms with Gasteiger partial charge >= 0.3 is 11.9 Å². The fraction of sp³-hybridized carbons (Fsp3) is 0.222. The molecule has 0 saturated carbocycles. The number of halogens is 1. The van der Waals surface area contributed by atoms with E-state index < -0.39 is 18.0 Å². The maximum Gasteiger partial charge on any atom is 0.414 e. The van der Waals surface area contributed by atoms with Crippen LogP contribution in [-0.4, -0.2) is 35.2 Å². The van der Waals surface area contributed by atoms with Crippen LogP contribution in [0.2, 0.25) is 5.02 Å². The number of amides is 1. The summed E-state index contributed by atoms with van der Waals surface area (Å²) in [6.07, 6.45) is 3.19. The third-order valence-corrected chi connectivity index (χ3v) is 6.03. The molecule has 0 radical (unpaired) electrons. The molecule has 2 unspecified atom stereocenters. The van der Waals surface area contributed by atoms with E-state index in [1.165, 1.54) is 11.1 Å². The zero-order valence-corrected chi connectivity index (χ0v) is 20.4. The van der Waals surface area contributed by atoms with Gasteiger partial charge in [0.15, 0.2) is 0 Å². The van der Waals surface area contributed by atoms with Crippen LogP contribution in [0.3, 0.4) is 0 Å². The van der Waals surface area contributed by atoms with Gasteiger partial charge in [0.1, 0.15) is 11.8 Å². The zero-order valence-electron chi connectivity index (χ0n) is 19.6. The highest BCUT2D eigenvalue weighted by Crippen LogP contribution is 2.32. The Bertz CT molecular complexity index is 1210. The lowest BCUT2D eigenvalue weighted by atomic mass is 9.87. The summed E-state index contributed by atoms with van der Waals surface area (Å²) in [7, 11) is 1.57. The standard InChI is InChI=1S/C25H25ClN2O2.C2H2O4/c1-30-23-15-14-19(16-21(23)26)27-25(29)24(18-9-3-2-4-10-18)28-22-13-7-11-17-8-5-6-12-20(17)22;3-1(4)2(5)6/h2-6,8-10,12,14-16,22,24,28H,7,11,13H2,1H3,(H,27,29);(H,3,4)(H,5,6). The molecule has 0 aliphatic heterocycles. The van der Waals surface area contributed by atoms with Gasteiger partial charge in [-0.25, -0.2) is 9.59 Å². The smallest absolute Gasteiger partial charge is 0.414 e. The predicted molar refractivity (Wildman–Crippen MR) is 136 cm³/mol. The summed E-state index contributed by atoms with van der Waals surface area (Å²) >= 11 is 6.23. The molecule has 0 bridgehead atoms. The van der Waals surface area contributed by atoms with Gasteiger partial charge in [0.25, 0.3) is 0 Å². The van der Waals surface area contributed by atoms with Crippen molar-refractivity contribution in [3.05, 3.63) is 94.5 Å². The lowest BCUT2D eigenvalue weighted by Gasteiger charge is -2.30. The molecule has 1 aliphatic carbocycles. The quantitative estimate of drug-likeness (QED) is 0.349. The number of aliphatic carboxylic acids is 2. The highest BCUT2D eigenvalue weighted by Gasteiger charge is 2.27. The molecule has 1 amide bonds. The van der Waals surface area contributed by atoms with Gasteiger partial charge in [-0.3, -0.25) is 10.1 Å². The third kappa shape index (κ3) is 7.07. The Kier molecular flexibility index (Phi) is 9.44. The first kappa shape index (κ1) is 26.7. The fourth-order valence-corrected chi connectivity index (χ4v) is 4.31. The molecule has 188 valence electrons. The Balaban J connectivity index is 0.000000538. The summed E-state index contributed by atoms with van der Waals surface area (Å²) in [5, 5.41) is 21.9. The van der Waals surface area contributed by atoms with E-state index in [4.69, 9.17) is 36.1 Å². The van der Waals surface area contributed by atoms with Crippen LogP contribution in [-0.2, 0) is 20.8 Å². The van der Waals surface area contributed by atoms with Crippen LogP contribution >= 0.6 is 11.6 Å². The fourth-order valence-electron chi connectivity index (χ4n) is 4.06. The largest absolute Gasteiger partial charge is 0.495 e. The molecule has 3 aromatic rings. The maximum atomic E-state index is 13.3. The number of methoxy groups -OCH3 is 1. The van der Waals surface area contributed by atoms with Crippen molar-refractivity contribution >= 4 is 35.1 Å². The Morgan fingerprint density at radius 2 is 1.64 bits per heavy atom. The Labute approximate surface area is 213 Å². The van der Waals surface area contributed by atoms with E-state index in [-0.39, 0.29) is 11.9 Å². The Morgan fingerprint density at radius 3 is 2.28 bits per heavy atom. The number of rotatable bonds is 6. The first-order valence-electron chi connectivity index (χ1n) is 11.3. The number of aryl methyl sites for hydroxylation is 1. The lowest BCUT2D eigenvalue weighted by molar-refractivity contribution is -0.159. The molecule has 2 atom stereocenters. The van der Waals surface area contributed by atoms with Crippen molar-refractivity contribution in [2.24, 2.45) is 0 Å². The van der Waals surface area contributed by atoms with Gasteiger partial charge in [0, 0.05) is 11.7 Å². The molecule has 0 spiro atoms. The van der Waals surface area contributed by atoms with Gasteiger partial charge in [-0.05, 0) is 54.2 Å². The molecule has 3 aromatic carbocycles. The second-order valence-corrected chi connectivity index (χ2v) is 8.51. The summed E-state index contributed by atoms with van der Waals surface area (Å²) < 4.78 is 5.20. The minimum Gasteiger partial charge on any atom is -0.495 e. The van der Waals surface area contributed by atoms with E-state index in [2.05, 4.69) is 34.9 Å². The maximum absolute atomic E-state index is 13.3. The second kappa shape index (κ2) is 12.7. The number of nitrogens with one attached hydrogen (secondary N) is 2. The molecular formula is C27H27ClN2O6. The molecule has 0 fully saturated rings. The number of carbonyl (C=O) groups excluding carboxylic acids is 1. The monoisotopic (exact) mass is 510 g/mol. The molecule has 1 aliphatic rings. The van der Waals surface area contributed by atoms with Crippen LogP contribution in [0, 0.1) is 0 Å². The van der Waals surface area contributed by atoms with Crippen LogP contribution in [0.15, 0.2) is 72.8 Å². The summed E-state index contributed by atoms with van der Waals surface area (Å²) in [5.41, 5.74) is 4.20. The topological polar surface area (TPSA) is 125 Å². The van der Waals surface area contributed by atoms with Crippen molar-refractivity contribution in [3.63, 3.8) is 0 Å². The average Bonchev–Trinajstić information content (AvgIpc) is 2.88. The van der Waals surface area contributed by atoms with E-state index in [0.717, 1.165) is 24.8 Å². The molecule has 4 rings (SSSR count). The van der Waals surface area contributed by atoms with Crippen molar-refractivity contribution in [3.8, 4) is 5.75 Å². The van der Waals surface area contributed by atoms with Crippen molar-refractivity contribution < 1.29 is 29.3 Å². The summed E-state index contributed by atoms with van der Waals surface area (Å²) in [5.74, 6) is -3.19. The normalized spacial score (nSPS) is 14.9. The number of ether oxygens (including phenoxy) is 1. The molecule has 0 heterocycles. The number of fused-ring (bicyclic) bond motifs is 1. The minimum absolute atomic E-state index is 0.120. The first-order valence-corrected chi connectivity index (χ1v) is 11.7. The number of hydrogen-bond acceptors (Lipinski definition) is 5. The van der Waals surface area contributed by atoms with Crippen LogP contribution < -0.4 is 15.4 Å². The van der Waals surface area contributed by atoms with Crippen molar-refractivity contribution in [2.45, 2.75) is 31.3 Å².